The summed E-state index contributed by atoms with van der Waals surface area (Å²) in [5, 5.41) is 6.36. The average Bonchev–Trinajstić information content (AvgIpc) is 2.44. The molecule has 0 atom stereocenters. The number of ether oxygens (including phenoxy) is 1. The van der Waals surface area contributed by atoms with Crippen LogP contribution in [0.5, 0.6) is 0 Å². The van der Waals surface area contributed by atoms with Crippen molar-refractivity contribution in [3.05, 3.63) is 34.1 Å². The van der Waals surface area contributed by atoms with Crippen molar-refractivity contribution in [1.82, 2.24) is 10.6 Å². The minimum absolute atomic E-state index is 0. The fourth-order valence-electron chi connectivity index (χ4n) is 1.59. The molecule has 21 heavy (non-hydrogen) atoms. The molecular weight excluding hydrogens is 452 g/mol. The lowest BCUT2D eigenvalue weighted by atomic mass is 10.2. The van der Waals surface area contributed by atoms with Gasteiger partial charge in [0.2, 0.25) is 0 Å². The molecule has 1 rings (SSSR count). The molecular formula is C14H22BrFIN3O. The number of halogens is 3. The number of guanidine groups is 1. The Morgan fingerprint density at radius 1 is 1.38 bits per heavy atom. The summed E-state index contributed by atoms with van der Waals surface area (Å²) in [5.41, 5.74) is 0.819. The summed E-state index contributed by atoms with van der Waals surface area (Å²) in [5.74, 6) is 0.469. The van der Waals surface area contributed by atoms with Crippen LogP contribution in [0, 0.1) is 5.82 Å². The van der Waals surface area contributed by atoms with Gasteiger partial charge in [0.15, 0.2) is 5.96 Å². The van der Waals surface area contributed by atoms with Gasteiger partial charge in [-0.1, -0.05) is 15.9 Å². The third-order valence-corrected chi connectivity index (χ3v) is 3.35. The lowest BCUT2D eigenvalue weighted by Crippen LogP contribution is -2.38. The number of benzene rings is 1. The normalized spacial score (nSPS) is 11.0. The topological polar surface area (TPSA) is 45.7 Å². The van der Waals surface area contributed by atoms with Gasteiger partial charge in [0.25, 0.3) is 0 Å². The van der Waals surface area contributed by atoms with Crippen LogP contribution >= 0.6 is 39.9 Å². The summed E-state index contributed by atoms with van der Waals surface area (Å²) in [4.78, 5) is 4.44. The van der Waals surface area contributed by atoms with Crippen LogP contribution in [0.1, 0.15) is 18.9 Å². The second-order valence-corrected chi connectivity index (χ2v) is 5.06. The van der Waals surface area contributed by atoms with Crippen LogP contribution in [-0.4, -0.2) is 32.8 Å². The van der Waals surface area contributed by atoms with Gasteiger partial charge in [0.05, 0.1) is 6.54 Å². The van der Waals surface area contributed by atoms with Crippen molar-refractivity contribution < 1.29 is 9.13 Å². The molecule has 0 unspecified atom stereocenters. The first kappa shape index (κ1) is 20.6. The number of nitrogens with zero attached hydrogens (tertiary/aromatic N) is 1. The van der Waals surface area contributed by atoms with Crippen molar-refractivity contribution in [3.8, 4) is 0 Å². The summed E-state index contributed by atoms with van der Waals surface area (Å²) in [6, 6.07) is 4.60. The SMILES string of the molecule is CCNC(=NCc1cc(F)ccc1Br)NCCCOC.I. The van der Waals surface area contributed by atoms with Gasteiger partial charge in [-0.15, -0.1) is 24.0 Å². The van der Waals surface area contributed by atoms with Crippen molar-refractivity contribution in [2.75, 3.05) is 26.8 Å². The number of methoxy groups -OCH3 is 1. The Bertz CT molecular complexity index is 446. The van der Waals surface area contributed by atoms with Crippen LogP contribution in [-0.2, 0) is 11.3 Å². The quantitative estimate of drug-likeness (QED) is 0.276. The van der Waals surface area contributed by atoms with Crippen LogP contribution in [0.3, 0.4) is 0 Å². The van der Waals surface area contributed by atoms with E-state index < -0.39 is 0 Å². The molecule has 0 saturated carbocycles. The van der Waals surface area contributed by atoms with Crippen LogP contribution < -0.4 is 10.6 Å². The summed E-state index contributed by atoms with van der Waals surface area (Å²) in [6.45, 7) is 4.69. The van der Waals surface area contributed by atoms with Crippen molar-refractivity contribution >= 4 is 45.9 Å². The molecule has 0 heterocycles. The van der Waals surface area contributed by atoms with Crippen LogP contribution in [0.2, 0.25) is 0 Å². The Hall–Kier alpha value is -0.410. The van der Waals surface area contributed by atoms with E-state index in [1.165, 1.54) is 12.1 Å². The van der Waals surface area contributed by atoms with Gasteiger partial charge in [-0.25, -0.2) is 9.38 Å². The van der Waals surface area contributed by atoms with E-state index in [1.807, 2.05) is 6.92 Å². The molecule has 4 nitrogen and oxygen atoms in total. The first-order chi connectivity index (χ1) is 9.67. The first-order valence-electron chi connectivity index (χ1n) is 6.62. The highest BCUT2D eigenvalue weighted by Gasteiger charge is 2.02. The number of nitrogens with one attached hydrogen (secondary N) is 2. The van der Waals surface area contributed by atoms with Gasteiger partial charge in [-0.3, -0.25) is 0 Å². The Labute approximate surface area is 151 Å². The van der Waals surface area contributed by atoms with Gasteiger partial charge in [-0.05, 0) is 37.1 Å². The van der Waals surface area contributed by atoms with Crippen LogP contribution in [0.25, 0.3) is 0 Å². The highest BCUT2D eigenvalue weighted by Crippen LogP contribution is 2.18. The van der Waals surface area contributed by atoms with Gasteiger partial charge in [-0.2, -0.15) is 0 Å². The molecule has 7 heteroatoms. The van der Waals surface area contributed by atoms with Gasteiger partial charge >= 0.3 is 0 Å². The number of hydrogen-bond donors (Lipinski definition) is 2. The van der Waals surface area contributed by atoms with Crippen molar-refractivity contribution in [2.45, 2.75) is 19.9 Å². The highest BCUT2D eigenvalue weighted by atomic mass is 127. The van der Waals surface area contributed by atoms with Crippen LogP contribution in [0.4, 0.5) is 4.39 Å². The zero-order valence-electron chi connectivity index (χ0n) is 12.3. The third-order valence-electron chi connectivity index (χ3n) is 2.58. The van der Waals surface area contributed by atoms with Crippen LogP contribution in [0.15, 0.2) is 27.7 Å². The molecule has 0 aromatic heterocycles. The molecule has 2 N–H and O–H groups in total. The van der Waals surface area contributed by atoms with E-state index in [0.29, 0.717) is 13.2 Å². The molecule has 0 radical (unpaired) electrons. The Balaban J connectivity index is 0.00000400. The molecule has 0 aliphatic carbocycles. The van der Waals surface area contributed by atoms with E-state index in [0.717, 1.165) is 35.5 Å². The fourth-order valence-corrected chi connectivity index (χ4v) is 1.97. The molecule has 0 amide bonds. The molecule has 0 aliphatic rings. The maximum Gasteiger partial charge on any atom is 0.191 e. The molecule has 120 valence electrons. The average molecular weight is 474 g/mol. The summed E-state index contributed by atoms with van der Waals surface area (Å²) >= 11 is 3.40. The number of rotatable bonds is 7. The van der Waals surface area contributed by atoms with Crippen molar-refractivity contribution in [2.24, 2.45) is 4.99 Å². The number of hydrogen-bond acceptors (Lipinski definition) is 2. The predicted molar refractivity (Wildman–Crippen MR) is 98.8 cm³/mol. The molecule has 0 fully saturated rings. The van der Waals surface area contributed by atoms with Crippen molar-refractivity contribution in [1.29, 1.82) is 0 Å². The Kier molecular flexibility index (Phi) is 11.9. The number of aliphatic imine (C=N–C) groups is 1. The molecule has 0 bridgehead atoms. The summed E-state index contributed by atoms with van der Waals surface area (Å²) in [7, 11) is 1.68. The predicted octanol–water partition coefficient (Wildman–Crippen LogP) is 3.30. The molecule has 1 aromatic rings. The smallest absolute Gasteiger partial charge is 0.191 e. The maximum atomic E-state index is 13.2. The minimum Gasteiger partial charge on any atom is -0.385 e. The first-order valence-corrected chi connectivity index (χ1v) is 7.41. The van der Waals surface area contributed by atoms with Gasteiger partial charge in [0.1, 0.15) is 5.82 Å². The molecule has 0 aliphatic heterocycles. The van der Waals surface area contributed by atoms with E-state index in [2.05, 4.69) is 31.6 Å². The molecule has 0 spiro atoms. The standard InChI is InChI=1S/C14H21BrFN3O.HI/c1-3-17-14(18-7-4-8-20-2)19-10-11-9-12(16)5-6-13(11)15;/h5-6,9H,3-4,7-8,10H2,1-2H3,(H2,17,18,19);1H. The maximum absolute atomic E-state index is 13.2. The Morgan fingerprint density at radius 3 is 2.81 bits per heavy atom. The van der Waals surface area contributed by atoms with Gasteiger partial charge < -0.3 is 15.4 Å². The van der Waals surface area contributed by atoms with E-state index in [4.69, 9.17) is 4.74 Å². The molecule has 1 aromatic carbocycles. The lowest BCUT2D eigenvalue weighted by molar-refractivity contribution is 0.195. The highest BCUT2D eigenvalue weighted by molar-refractivity contribution is 14.0. The van der Waals surface area contributed by atoms with Crippen molar-refractivity contribution in [3.63, 3.8) is 0 Å². The van der Waals surface area contributed by atoms with E-state index in [9.17, 15) is 4.39 Å². The lowest BCUT2D eigenvalue weighted by Gasteiger charge is -2.11. The zero-order valence-corrected chi connectivity index (χ0v) is 16.2. The Morgan fingerprint density at radius 2 is 2.14 bits per heavy atom. The van der Waals surface area contributed by atoms with E-state index >= 15 is 0 Å². The zero-order chi connectivity index (χ0) is 14.8. The fraction of sp³-hybridized carbons (Fsp3) is 0.500. The minimum atomic E-state index is -0.253. The summed E-state index contributed by atoms with van der Waals surface area (Å²) < 4.78 is 19.0. The second-order valence-electron chi connectivity index (χ2n) is 4.20. The second kappa shape index (κ2) is 12.2. The van der Waals surface area contributed by atoms with E-state index in [1.54, 1.807) is 13.2 Å². The molecule has 0 saturated heterocycles. The largest absolute Gasteiger partial charge is 0.385 e. The third kappa shape index (κ3) is 8.57. The summed E-state index contributed by atoms with van der Waals surface area (Å²) in [6.07, 6.45) is 0.907. The monoisotopic (exact) mass is 473 g/mol. The van der Waals surface area contributed by atoms with Gasteiger partial charge in [0, 0.05) is 31.3 Å². The van der Waals surface area contributed by atoms with E-state index in [-0.39, 0.29) is 29.8 Å².